The number of amides is 1. The number of methoxy groups -OCH3 is 1. The van der Waals surface area contributed by atoms with Crippen LogP contribution in [0.1, 0.15) is 31.1 Å². The summed E-state index contributed by atoms with van der Waals surface area (Å²) in [6.45, 7) is 5.51. The number of alkyl carbamates (subject to hydrolysis) is 1. The molecule has 0 aliphatic carbocycles. The molecule has 7 nitrogen and oxygen atoms in total. The first-order valence-electron chi connectivity index (χ1n) is 6.36. The lowest BCUT2D eigenvalue weighted by Gasteiger charge is -2.21. The number of carbonyl (C=O) groups is 2. The molecule has 0 aliphatic rings. The van der Waals surface area contributed by atoms with Gasteiger partial charge in [-0.05, 0) is 26.8 Å². The van der Waals surface area contributed by atoms with E-state index in [-0.39, 0.29) is 17.8 Å². The minimum Gasteiger partial charge on any atom is -0.462 e. The maximum Gasteiger partial charge on any atom is 0.407 e. The van der Waals surface area contributed by atoms with Crippen molar-refractivity contribution in [2.45, 2.75) is 26.3 Å². The highest BCUT2D eigenvalue weighted by Gasteiger charge is 2.18. The quantitative estimate of drug-likeness (QED) is 0.629. The lowest BCUT2D eigenvalue weighted by Crippen LogP contribution is -2.41. The van der Waals surface area contributed by atoms with Crippen molar-refractivity contribution >= 4 is 31.7 Å². The highest BCUT2D eigenvalue weighted by atomic mass is 16.5. The van der Waals surface area contributed by atoms with Crippen LogP contribution in [0.4, 0.5) is 4.79 Å². The smallest absolute Gasteiger partial charge is 0.407 e. The van der Waals surface area contributed by atoms with Crippen molar-refractivity contribution in [3.8, 4) is 0 Å². The first kappa shape index (κ1) is 16.8. The number of hydrogen-bond donors (Lipinski definition) is 1. The molecule has 1 amide bonds. The van der Waals surface area contributed by atoms with E-state index >= 15 is 0 Å². The monoisotopic (exact) mass is 291 g/mol. The largest absolute Gasteiger partial charge is 0.462 e. The Hall–Kier alpha value is -2.25. The molecule has 0 spiro atoms. The highest BCUT2D eigenvalue weighted by molar-refractivity contribution is 6.35. The molecule has 1 aromatic heterocycles. The molecule has 0 bridgehead atoms. The summed E-state index contributed by atoms with van der Waals surface area (Å²) in [6.07, 6.45) is 4.00. The van der Waals surface area contributed by atoms with Gasteiger partial charge in [0, 0.05) is 11.8 Å². The summed E-state index contributed by atoms with van der Waals surface area (Å²) in [5, 5.41) is 6.61. The maximum atomic E-state index is 11.6. The molecule has 1 N–H and O–H groups in total. The predicted molar refractivity (Wildman–Crippen MR) is 78.5 cm³/mol. The molecular formula is C13H18BN3O4. The molecule has 8 heteroatoms. The van der Waals surface area contributed by atoms with E-state index in [9.17, 15) is 9.59 Å². The summed E-state index contributed by atoms with van der Waals surface area (Å²) in [6, 6.07) is 0. The molecule has 0 saturated carbocycles. The van der Waals surface area contributed by atoms with Crippen molar-refractivity contribution in [3.63, 3.8) is 0 Å². The molecule has 0 atom stereocenters. The van der Waals surface area contributed by atoms with Gasteiger partial charge in [0.15, 0.2) is 0 Å². The molecule has 1 rings (SSSR count). The van der Waals surface area contributed by atoms with Gasteiger partial charge in [-0.3, -0.25) is 4.68 Å². The number of nitrogens with one attached hydrogen (secondary N) is 1. The fourth-order valence-electron chi connectivity index (χ4n) is 1.47. The fourth-order valence-corrected chi connectivity index (χ4v) is 1.47. The van der Waals surface area contributed by atoms with Gasteiger partial charge in [-0.1, -0.05) is 0 Å². The van der Waals surface area contributed by atoms with Crippen molar-refractivity contribution in [2.24, 2.45) is 0 Å². The zero-order chi connectivity index (χ0) is 16.0. The second-order valence-corrected chi connectivity index (χ2v) is 4.76. The molecule has 0 aliphatic heterocycles. The van der Waals surface area contributed by atoms with E-state index in [1.165, 1.54) is 18.0 Å². The van der Waals surface area contributed by atoms with Crippen LogP contribution in [0, 0.1) is 0 Å². The zero-order valence-electron chi connectivity index (χ0n) is 12.5. The fraction of sp³-hybridized carbons (Fsp3) is 0.462. The van der Waals surface area contributed by atoms with Crippen molar-refractivity contribution in [1.82, 2.24) is 15.1 Å². The SMILES string of the molecule is [B]c1c(C(=O)OCC)cnn1/C=C/C(C)(C)NC(=O)OC. The Morgan fingerprint density at radius 2 is 2.19 bits per heavy atom. The highest BCUT2D eigenvalue weighted by Crippen LogP contribution is 2.06. The maximum absolute atomic E-state index is 11.6. The summed E-state index contributed by atoms with van der Waals surface area (Å²) < 4.78 is 10.7. The van der Waals surface area contributed by atoms with Gasteiger partial charge >= 0.3 is 12.1 Å². The Morgan fingerprint density at radius 3 is 2.76 bits per heavy atom. The van der Waals surface area contributed by atoms with Gasteiger partial charge in [0.25, 0.3) is 0 Å². The van der Waals surface area contributed by atoms with E-state index < -0.39 is 17.6 Å². The third kappa shape index (κ3) is 4.66. The lowest BCUT2D eigenvalue weighted by molar-refractivity contribution is 0.0528. The van der Waals surface area contributed by atoms with E-state index in [1.54, 1.807) is 33.0 Å². The molecule has 21 heavy (non-hydrogen) atoms. The second kappa shape index (κ2) is 6.96. The normalized spacial score (nSPS) is 11.4. The average Bonchev–Trinajstić information content (AvgIpc) is 2.77. The topological polar surface area (TPSA) is 82.5 Å². The average molecular weight is 291 g/mol. The Bertz CT molecular complexity index is 552. The third-order valence-electron chi connectivity index (χ3n) is 2.57. The third-order valence-corrected chi connectivity index (χ3v) is 2.57. The lowest BCUT2D eigenvalue weighted by atomic mass is 9.99. The van der Waals surface area contributed by atoms with Gasteiger partial charge < -0.3 is 14.8 Å². The first-order chi connectivity index (χ1) is 9.80. The second-order valence-electron chi connectivity index (χ2n) is 4.76. The minimum atomic E-state index is -0.671. The van der Waals surface area contributed by atoms with Crippen LogP contribution in [0.3, 0.4) is 0 Å². The molecule has 0 fully saturated rings. The Kier molecular flexibility index (Phi) is 5.57. The van der Waals surface area contributed by atoms with Crippen molar-refractivity contribution in [2.75, 3.05) is 13.7 Å². The van der Waals surface area contributed by atoms with Crippen LogP contribution >= 0.6 is 0 Å². The van der Waals surface area contributed by atoms with E-state index in [1.807, 2.05) is 0 Å². The number of esters is 1. The number of nitrogens with zero attached hydrogens (tertiary/aromatic N) is 2. The van der Waals surface area contributed by atoms with Gasteiger partial charge in [0.1, 0.15) is 7.85 Å². The minimum absolute atomic E-state index is 0.165. The van der Waals surface area contributed by atoms with Crippen LogP contribution in [-0.2, 0) is 9.47 Å². The van der Waals surface area contributed by atoms with Crippen molar-refractivity contribution < 1.29 is 19.1 Å². The van der Waals surface area contributed by atoms with Crippen LogP contribution < -0.4 is 10.9 Å². The predicted octanol–water partition coefficient (Wildman–Crippen LogP) is 0.459. The molecule has 0 saturated heterocycles. The van der Waals surface area contributed by atoms with Crippen LogP contribution in [0.25, 0.3) is 6.20 Å². The standard InChI is InChI=1S/C13H18BN3O4/c1-5-21-11(18)9-8-15-17(10(9)14)7-6-13(2,3)16-12(19)20-4/h6-8H,5H2,1-4H3,(H,16,19)/b7-6+. The summed E-state index contributed by atoms with van der Waals surface area (Å²) in [5.74, 6) is -0.526. The van der Waals surface area contributed by atoms with E-state index in [4.69, 9.17) is 12.6 Å². The number of carbonyl (C=O) groups excluding carboxylic acids is 2. The number of hydrogen-bond acceptors (Lipinski definition) is 5. The molecule has 0 unspecified atom stereocenters. The van der Waals surface area contributed by atoms with Crippen LogP contribution in [0.2, 0.25) is 0 Å². The van der Waals surface area contributed by atoms with Gasteiger partial charge in [-0.25, -0.2) is 9.59 Å². The zero-order valence-corrected chi connectivity index (χ0v) is 12.5. The molecule has 0 aromatic carbocycles. The van der Waals surface area contributed by atoms with Crippen molar-refractivity contribution in [1.29, 1.82) is 0 Å². The van der Waals surface area contributed by atoms with Crippen LogP contribution in [-0.4, -0.2) is 48.9 Å². The van der Waals surface area contributed by atoms with E-state index in [2.05, 4.69) is 15.2 Å². The number of aromatic nitrogens is 2. The van der Waals surface area contributed by atoms with Gasteiger partial charge in [-0.2, -0.15) is 5.10 Å². The Labute approximate surface area is 124 Å². The molecule has 2 radical (unpaired) electrons. The number of ether oxygens (including phenoxy) is 2. The van der Waals surface area contributed by atoms with Crippen LogP contribution in [0.15, 0.2) is 12.3 Å². The van der Waals surface area contributed by atoms with Gasteiger partial charge in [0.05, 0.1) is 31.0 Å². The molecule has 1 aromatic rings. The van der Waals surface area contributed by atoms with E-state index in [0.29, 0.717) is 0 Å². The van der Waals surface area contributed by atoms with Crippen molar-refractivity contribution in [3.05, 3.63) is 17.8 Å². The first-order valence-corrected chi connectivity index (χ1v) is 6.36. The number of rotatable bonds is 5. The Morgan fingerprint density at radius 1 is 1.52 bits per heavy atom. The molecule has 112 valence electrons. The van der Waals surface area contributed by atoms with E-state index in [0.717, 1.165) is 0 Å². The molecular weight excluding hydrogens is 273 g/mol. The Balaban J connectivity index is 2.86. The summed E-state index contributed by atoms with van der Waals surface area (Å²) in [4.78, 5) is 22.8. The molecule has 1 heterocycles. The van der Waals surface area contributed by atoms with Crippen LogP contribution in [0.5, 0.6) is 0 Å². The van der Waals surface area contributed by atoms with Gasteiger partial charge in [0.2, 0.25) is 0 Å². The summed E-state index contributed by atoms with van der Waals surface area (Å²) in [5.41, 5.74) is -0.311. The summed E-state index contributed by atoms with van der Waals surface area (Å²) >= 11 is 0. The van der Waals surface area contributed by atoms with Gasteiger partial charge in [-0.15, -0.1) is 0 Å². The summed E-state index contributed by atoms with van der Waals surface area (Å²) in [7, 11) is 7.11.